The van der Waals surface area contributed by atoms with Crippen LogP contribution < -0.4 is 0 Å². The molecule has 234 valence electrons. The van der Waals surface area contributed by atoms with Crippen molar-refractivity contribution in [2.75, 3.05) is 6.54 Å². The van der Waals surface area contributed by atoms with Crippen molar-refractivity contribution >= 4 is 46.3 Å². The summed E-state index contributed by atoms with van der Waals surface area (Å²) < 4.78 is 42.0. The highest BCUT2D eigenvalue weighted by atomic mass is 32.2. The molecule has 3 aromatic rings. The third kappa shape index (κ3) is 7.81. The number of benzene rings is 2. The van der Waals surface area contributed by atoms with Crippen molar-refractivity contribution < 1.29 is 27.8 Å². The Morgan fingerprint density at radius 1 is 1.00 bits per heavy atom. The minimum Gasteiger partial charge on any atom is -0.443 e. The van der Waals surface area contributed by atoms with Crippen molar-refractivity contribution in [3.63, 3.8) is 0 Å². The van der Waals surface area contributed by atoms with Crippen LogP contribution in [0.25, 0.3) is 0 Å². The molecule has 0 saturated heterocycles. The summed E-state index contributed by atoms with van der Waals surface area (Å²) in [5, 5.41) is 6.76. The average molecular weight is 644 g/mol. The number of hydrazone groups is 1. The number of imidazole rings is 1. The van der Waals surface area contributed by atoms with E-state index in [9.17, 15) is 14.0 Å². The summed E-state index contributed by atoms with van der Waals surface area (Å²) >= 11 is 7.06. The van der Waals surface area contributed by atoms with E-state index in [-0.39, 0.29) is 35.1 Å². The highest BCUT2D eigenvalue weighted by molar-refractivity contribution is 8.15. The molecule has 2 aromatic carbocycles. The molecule has 4 rings (SSSR count). The first-order valence-corrected chi connectivity index (χ1v) is 15.2. The van der Waals surface area contributed by atoms with Crippen molar-refractivity contribution in [3.8, 4) is 0 Å². The molecule has 0 N–H and O–H groups in total. The number of halogens is 2. The molecule has 0 bridgehead atoms. The topological polar surface area (TPSA) is 89.3 Å². The van der Waals surface area contributed by atoms with Gasteiger partial charge in [0, 0.05) is 24.5 Å². The monoisotopic (exact) mass is 643 g/mol. The molecule has 0 aliphatic carbocycles. The number of aromatic nitrogens is 2. The minimum atomic E-state index is -1.08. The third-order valence-electron chi connectivity index (χ3n) is 6.21. The maximum Gasteiger partial charge on any atom is 0.419 e. The largest absolute Gasteiger partial charge is 0.443 e. The summed E-state index contributed by atoms with van der Waals surface area (Å²) in [5.74, 6) is -1.26. The number of amides is 2. The second-order valence-electron chi connectivity index (χ2n) is 12.1. The number of thioether (sulfide) groups is 1. The zero-order chi connectivity index (χ0) is 32.3. The van der Waals surface area contributed by atoms with Crippen molar-refractivity contribution in [1.82, 2.24) is 19.5 Å². The summed E-state index contributed by atoms with van der Waals surface area (Å²) in [4.78, 5) is 30.3. The highest BCUT2D eigenvalue weighted by Crippen LogP contribution is 2.51. The van der Waals surface area contributed by atoms with Crippen LogP contribution in [0.1, 0.15) is 65.5 Å². The first-order chi connectivity index (χ1) is 20.6. The van der Waals surface area contributed by atoms with Crippen LogP contribution in [0.3, 0.4) is 0 Å². The summed E-state index contributed by atoms with van der Waals surface area (Å²) in [6.45, 7) is 10.2. The number of ether oxygens (including phenoxy) is 2. The van der Waals surface area contributed by atoms with Crippen LogP contribution >= 0.6 is 24.0 Å². The van der Waals surface area contributed by atoms with Crippen LogP contribution in [0.15, 0.2) is 72.4 Å². The van der Waals surface area contributed by atoms with E-state index < -0.39 is 39.9 Å². The molecule has 1 aliphatic rings. The number of imide groups is 1. The standard InChI is InChI=1S/C31H35F2N5O4S2/c1-29(2,3)41-27(39)37(28(40)42-30(4,5)6)17-10-15-31(21-11-8-7-9-12-21)38(26(43)36-18-16-34-20-36)35-25(44-31)23-19-22(32)13-14-24(23)33/h7-9,11-14,16,18-20H,10,15,17H2,1-6H3. The smallest absolute Gasteiger partial charge is 0.419 e. The lowest BCUT2D eigenvalue weighted by atomic mass is 10.0. The Kier molecular flexibility index (Phi) is 9.79. The fourth-order valence-electron chi connectivity index (χ4n) is 4.39. The zero-order valence-corrected chi connectivity index (χ0v) is 27.0. The number of carbonyl (C=O) groups excluding carboxylic acids is 2. The maximum atomic E-state index is 15.0. The highest BCUT2D eigenvalue weighted by Gasteiger charge is 2.48. The Morgan fingerprint density at radius 3 is 2.20 bits per heavy atom. The molecule has 1 aromatic heterocycles. The zero-order valence-electron chi connectivity index (χ0n) is 25.4. The first kappa shape index (κ1) is 33.1. The Hall–Kier alpha value is -3.84. The van der Waals surface area contributed by atoms with Crippen molar-refractivity contribution in [2.24, 2.45) is 5.10 Å². The number of hydrogen-bond acceptors (Lipinski definition) is 8. The summed E-state index contributed by atoms with van der Waals surface area (Å²) in [6.07, 6.45) is 3.57. The predicted molar refractivity (Wildman–Crippen MR) is 169 cm³/mol. The number of hydrogen-bond donors (Lipinski definition) is 0. The SMILES string of the molecule is CC(C)(C)OC(=O)N(CCCC1(c2ccccc2)SC(c2cc(F)ccc2F)=NN1C(=S)n1ccnc1)C(=O)OC(C)(C)C. The van der Waals surface area contributed by atoms with Gasteiger partial charge in [0.1, 0.15) is 39.1 Å². The normalized spacial score (nSPS) is 16.8. The molecule has 9 nitrogen and oxygen atoms in total. The van der Waals surface area contributed by atoms with Gasteiger partial charge in [-0.2, -0.15) is 5.10 Å². The lowest BCUT2D eigenvalue weighted by Gasteiger charge is -2.37. The van der Waals surface area contributed by atoms with Gasteiger partial charge in [-0.1, -0.05) is 42.1 Å². The van der Waals surface area contributed by atoms with Gasteiger partial charge in [0.15, 0.2) is 0 Å². The molecule has 1 unspecified atom stereocenters. The third-order valence-corrected chi connectivity index (χ3v) is 8.04. The van der Waals surface area contributed by atoms with Gasteiger partial charge in [-0.05, 0) is 90.4 Å². The number of carbonyl (C=O) groups is 2. The van der Waals surface area contributed by atoms with Gasteiger partial charge in [0.05, 0.1) is 0 Å². The molecule has 0 fully saturated rings. The van der Waals surface area contributed by atoms with E-state index in [2.05, 4.69) is 4.98 Å². The molecule has 13 heteroatoms. The number of thiocarbonyl (C=S) groups is 1. The van der Waals surface area contributed by atoms with Crippen LogP contribution in [0, 0.1) is 11.6 Å². The maximum absolute atomic E-state index is 15.0. The summed E-state index contributed by atoms with van der Waals surface area (Å²) in [7, 11) is 0. The second kappa shape index (κ2) is 13.0. The van der Waals surface area contributed by atoms with E-state index in [4.69, 9.17) is 26.8 Å². The average Bonchev–Trinajstić information content (AvgIpc) is 3.60. The van der Waals surface area contributed by atoms with Gasteiger partial charge in [-0.25, -0.2) is 33.3 Å². The Morgan fingerprint density at radius 2 is 1.64 bits per heavy atom. The van der Waals surface area contributed by atoms with Crippen LogP contribution in [0.5, 0.6) is 0 Å². The molecule has 0 spiro atoms. The molecule has 1 atom stereocenters. The number of rotatable bonds is 6. The van der Waals surface area contributed by atoms with Gasteiger partial charge in [0.2, 0.25) is 5.11 Å². The van der Waals surface area contributed by atoms with Crippen molar-refractivity contribution in [2.45, 2.75) is 70.5 Å². The Bertz CT molecular complexity index is 1510. The molecular weight excluding hydrogens is 609 g/mol. The quantitative estimate of drug-likeness (QED) is 0.255. The molecular formula is C31H35F2N5O4S2. The van der Waals surface area contributed by atoms with Gasteiger partial charge < -0.3 is 9.47 Å². The fraction of sp³-hybridized carbons (Fsp3) is 0.387. The number of nitrogens with zero attached hydrogens (tertiary/aromatic N) is 5. The first-order valence-electron chi connectivity index (χ1n) is 13.9. The molecule has 0 saturated carbocycles. The molecule has 1 aliphatic heterocycles. The van der Waals surface area contributed by atoms with Crippen molar-refractivity contribution in [3.05, 3.63) is 90.0 Å². The predicted octanol–water partition coefficient (Wildman–Crippen LogP) is 7.51. The minimum absolute atomic E-state index is 0.0182. The Labute approximate surface area is 265 Å². The van der Waals surface area contributed by atoms with Crippen molar-refractivity contribution in [1.29, 1.82) is 0 Å². The van der Waals surface area contributed by atoms with E-state index >= 15 is 4.39 Å². The summed E-state index contributed by atoms with van der Waals surface area (Å²) in [6, 6.07) is 12.5. The second-order valence-corrected chi connectivity index (χ2v) is 13.7. The fourth-order valence-corrected chi connectivity index (χ4v) is 6.18. The Balaban J connectivity index is 1.74. The van der Waals surface area contributed by atoms with Gasteiger partial charge in [-0.3, -0.25) is 4.57 Å². The van der Waals surface area contributed by atoms with Crippen LogP contribution in [-0.4, -0.2) is 59.5 Å². The molecule has 44 heavy (non-hydrogen) atoms. The van der Waals surface area contributed by atoms with Crippen LogP contribution in [-0.2, 0) is 14.3 Å². The van der Waals surface area contributed by atoms with Gasteiger partial charge in [-0.15, -0.1) is 0 Å². The molecule has 2 heterocycles. The van der Waals surface area contributed by atoms with Gasteiger partial charge in [0.25, 0.3) is 0 Å². The summed E-state index contributed by atoms with van der Waals surface area (Å²) in [5.41, 5.74) is -0.954. The van der Waals surface area contributed by atoms with E-state index in [1.54, 1.807) is 63.5 Å². The van der Waals surface area contributed by atoms with E-state index in [0.717, 1.165) is 28.7 Å². The molecule has 2 amide bonds. The van der Waals surface area contributed by atoms with E-state index in [1.807, 2.05) is 30.3 Å². The molecule has 0 radical (unpaired) electrons. The van der Waals surface area contributed by atoms with Gasteiger partial charge >= 0.3 is 12.2 Å². The lowest BCUT2D eigenvalue weighted by Crippen LogP contribution is -2.46. The van der Waals surface area contributed by atoms with E-state index in [0.29, 0.717) is 0 Å². The lowest BCUT2D eigenvalue weighted by molar-refractivity contribution is 0.000852. The van der Waals surface area contributed by atoms with E-state index in [1.165, 1.54) is 18.1 Å². The van der Waals surface area contributed by atoms with Crippen LogP contribution in [0.2, 0.25) is 0 Å². The van der Waals surface area contributed by atoms with Crippen LogP contribution in [0.4, 0.5) is 18.4 Å².